The van der Waals surface area contributed by atoms with Gasteiger partial charge in [-0.3, -0.25) is 9.59 Å². The zero-order chi connectivity index (χ0) is 38.7. The van der Waals surface area contributed by atoms with E-state index in [4.69, 9.17) is 30.5 Å². The first-order valence-corrected chi connectivity index (χ1v) is 18.7. The highest BCUT2D eigenvalue weighted by Gasteiger charge is 2.40. The average molecular weight is 797 g/mol. The number of carbonyl (C=O) groups excluding carboxylic acids is 2. The number of methoxy groups -OCH3 is 2. The second-order valence-corrected chi connectivity index (χ2v) is 15.0. The second-order valence-electron chi connectivity index (χ2n) is 14.5. The molecule has 2 N–H and O–H groups in total. The topological polar surface area (TPSA) is 98.4 Å². The van der Waals surface area contributed by atoms with Crippen molar-refractivity contribution in [2.24, 2.45) is 5.41 Å². The average Bonchev–Trinajstić information content (AvgIpc) is 3.25. The molecule has 4 aromatic carbocycles. The summed E-state index contributed by atoms with van der Waals surface area (Å²) in [4.78, 5) is 29.4. The van der Waals surface area contributed by atoms with Crippen molar-refractivity contribution in [3.8, 4) is 17.2 Å². The Bertz CT molecular complexity index is 1870. The van der Waals surface area contributed by atoms with Crippen molar-refractivity contribution in [3.05, 3.63) is 118 Å². The number of amides is 2. The largest absolute Gasteiger partial charge is 0.497 e. The summed E-state index contributed by atoms with van der Waals surface area (Å²) in [6.45, 7) is 8.57. The number of fused-ring (bicyclic) bond motifs is 1. The van der Waals surface area contributed by atoms with Gasteiger partial charge in [-0.2, -0.15) is 0 Å². The maximum atomic E-state index is 14.4. The smallest absolute Gasteiger partial charge is 0.256 e. The molecule has 9 nitrogen and oxygen atoms in total. The second kappa shape index (κ2) is 20.5. The lowest BCUT2D eigenvalue weighted by Crippen LogP contribution is -2.45. The van der Waals surface area contributed by atoms with Gasteiger partial charge in [0.25, 0.3) is 5.91 Å². The number of ether oxygens (including phenoxy) is 4. The van der Waals surface area contributed by atoms with Gasteiger partial charge in [-0.25, -0.2) is 4.39 Å². The van der Waals surface area contributed by atoms with Gasteiger partial charge in [-0.15, -0.1) is 12.4 Å². The van der Waals surface area contributed by atoms with E-state index >= 15 is 0 Å². The molecule has 0 fully saturated rings. The van der Waals surface area contributed by atoms with Gasteiger partial charge in [0.05, 0.1) is 27.2 Å². The molecule has 2 amide bonds. The number of anilines is 1. The molecule has 1 aliphatic rings. The van der Waals surface area contributed by atoms with Crippen LogP contribution in [0, 0.1) is 11.2 Å². The van der Waals surface area contributed by atoms with Crippen LogP contribution in [0.25, 0.3) is 0 Å². The van der Waals surface area contributed by atoms with E-state index in [2.05, 4.69) is 22.8 Å². The summed E-state index contributed by atoms with van der Waals surface area (Å²) < 4.78 is 38.4. The summed E-state index contributed by atoms with van der Waals surface area (Å²) in [5.74, 6) is 0.613. The molecule has 4 aromatic rings. The summed E-state index contributed by atoms with van der Waals surface area (Å²) >= 11 is 6.59. The molecule has 0 spiro atoms. The number of hydrogen-bond acceptors (Lipinski definition) is 7. The lowest BCUT2D eigenvalue weighted by Gasteiger charge is -2.31. The zero-order valence-electron chi connectivity index (χ0n) is 32.2. The van der Waals surface area contributed by atoms with Crippen LogP contribution in [-0.2, 0) is 27.3 Å². The van der Waals surface area contributed by atoms with E-state index in [0.29, 0.717) is 52.1 Å². The number of nitrogens with zero attached hydrogens (tertiary/aromatic N) is 1. The predicted molar refractivity (Wildman–Crippen MR) is 217 cm³/mol. The Kier molecular flexibility index (Phi) is 16.2. The SMILES string of the molecule is COc1ccc(CCCNCCCOc2cccc(C3OC(CC(=O)NCc4ccccc4F)C(=O)N(CC(C)(C)C)c4ccc(Cl)cc43)c2OC)cc1.Cl. The maximum Gasteiger partial charge on any atom is 0.256 e. The lowest BCUT2D eigenvalue weighted by molar-refractivity contribution is -0.138. The number of benzene rings is 4. The minimum atomic E-state index is -1.17. The summed E-state index contributed by atoms with van der Waals surface area (Å²) in [7, 11) is 3.23. The third kappa shape index (κ3) is 12.1. The molecule has 1 heterocycles. The van der Waals surface area contributed by atoms with Gasteiger partial charge in [-0.1, -0.05) is 74.8 Å². The maximum absolute atomic E-state index is 14.4. The Morgan fingerprint density at radius 3 is 2.38 bits per heavy atom. The van der Waals surface area contributed by atoms with Crippen LogP contribution >= 0.6 is 24.0 Å². The highest BCUT2D eigenvalue weighted by Crippen LogP contribution is 2.45. The lowest BCUT2D eigenvalue weighted by atomic mass is 9.94. The molecular formula is C43H52Cl2FN3O6. The van der Waals surface area contributed by atoms with Crippen LogP contribution < -0.4 is 29.7 Å². The van der Waals surface area contributed by atoms with Crippen LogP contribution in [0.5, 0.6) is 17.2 Å². The van der Waals surface area contributed by atoms with Crippen LogP contribution in [0.3, 0.4) is 0 Å². The molecule has 1 aliphatic heterocycles. The van der Waals surface area contributed by atoms with E-state index in [9.17, 15) is 14.0 Å². The first-order valence-electron chi connectivity index (χ1n) is 18.4. The van der Waals surface area contributed by atoms with Crippen molar-refractivity contribution in [2.45, 2.75) is 65.2 Å². The molecule has 0 saturated heterocycles. The highest BCUT2D eigenvalue weighted by molar-refractivity contribution is 6.30. The first kappa shape index (κ1) is 43.4. The molecule has 0 aliphatic carbocycles. The number of aryl methyl sites for hydroxylation is 1. The van der Waals surface area contributed by atoms with E-state index in [0.717, 1.165) is 38.1 Å². The van der Waals surface area contributed by atoms with E-state index in [1.165, 1.54) is 11.6 Å². The number of hydrogen-bond donors (Lipinski definition) is 2. The van der Waals surface area contributed by atoms with Crippen molar-refractivity contribution in [1.29, 1.82) is 0 Å². The zero-order valence-corrected chi connectivity index (χ0v) is 33.7. The summed E-state index contributed by atoms with van der Waals surface area (Å²) in [5.41, 5.74) is 3.23. The molecular weight excluding hydrogens is 744 g/mol. The molecule has 2 atom stereocenters. The Balaban J connectivity index is 0.00000673. The van der Waals surface area contributed by atoms with E-state index < -0.39 is 23.9 Å². The fourth-order valence-electron chi connectivity index (χ4n) is 6.44. The van der Waals surface area contributed by atoms with Crippen molar-refractivity contribution >= 4 is 41.5 Å². The summed E-state index contributed by atoms with van der Waals surface area (Å²) in [6.07, 6.45) is 0.470. The van der Waals surface area contributed by atoms with Gasteiger partial charge in [0.2, 0.25) is 5.91 Å². The molecule has 0 aromatic heterocycles. The van der Waals surface area contributed by atoms with Gasteiger partial charge in [0.15, 0.2) is 11.5 Å². The fourth-order valence-corrected chi connectivity index (χ4v) is 6.63. The minimum Gasteiger partial charge on any atom is -0.497 e. The van der Waals surface area contributed by atoms with Crippen molar-refractivity contribution in [3.63, 3.8) is 0 Å². The number of nitrogens with one attached hydrogen (secondary N) is 2. The molecule has 0 radical (unpaired) electrons. The Hall–Kier alpha value is -4.35. The molecule has 12 heteroatoms. The Labute approximate surface area is 335 Å². The van der Waals surface area contributed by atoms with Crippen LogP contribution in [0.15, 0.2) is 84.9 Å². The van der Waals surface area contributed by atoms with Gasteiger partial charge in [0, 0.05) is 40.5 Å². The van der Waals surface area contributed by atoms with E-state index in [1.807, 2.05) is 57.2 Å². The molecule has 0 bridgehead atoms. The van der Waals surface area contributed by atoms with Crippen molar-refractivity contribution in [1.82, 2.24) is 10.6 Å². The van der Waals surface area contributed by atoms with E-state index in [1.54, 1.807) is 49.5 Å². The molecule has 2 unspecified atom stereocenters. The first-order chi connectivity index (χ1) is 26.0. The van der Waals surface area contributed by atoms with Crippen LogP contribution in [0.4, 0.5) is 10.1 Å². The fraction of sp³-hybridized carbons (Fsp3) is 0.395. The minimum absolute atomic E-state index is 0. The van der Waals surface area contributed by atoms with Gasteiger partial charge in [-0.05, 0) is 85.8 Å². The third-order valence-electron chi connectivity index (χ3n) is 9.07. The molecule has 5 rings (SSSR count). The van der Waals surface area contributed by atoms with E-state index in [-0.39, 0.29) is 36.7 Å². The van der Waals surface area contributed by atoms with Gasteiger partial charge >= 0.3 is 0 Å². The predicted octanol–water partition coefficient (Wildman–Crippen LogP) is 8.48. The number of para-hydroxylation sites is 1. The molecule has 55 heavy (non-hydrogen) atoms. The normalized spacial score (nSPS) is 15.4. The Morgan fingerprint density at radius 1 is 0.927 bits per heavy atom. The van der Waals surface area contributed by atoms with Crippen LogP contribution in [0.1, 0.15) is 68.4 Å². The number of halogens is 3. The summed E-state index contributed by atoms with van der Waals surface area (Å²) in [5, 5.41) is 6.71. The standard InChI is InChI=1S/C43H51ClFN3O6.ClH/c1-43(2,3)28-48-36-21-18-31(44)25-34(36)40(54-38(42(48)50)26-39(49)47-27-30-12-6-7-14-35(30)45)33-13-8-15-37(41(33)52-5)53-24-10-23-46-22-9-11-29-16-19-32(51-4)20-17-29;/h6-8,12-21,25,38,40,46H,9-11,22-24,26-28H2,1-5H3,(H,47,49);1H. The molecule has 0 saturated carbocycles. The van der Waals surface area contributed by atoms with Crippen LogP contribution in [0.2, 0.25) is 5.02 Å². The van der Waals surface area contributed by atoms with Crippen molar-refractivity contribution in [2.75, 3.05) is 45.4 Å². The van der Waals surface area contributed by atoms with Gasteiger partial charge < -0.3 is 34.5 Å². The van der Waals surface area contributed by atoms with Crippen molar-refractivity contribution < 1.29 is 32.9 Å². The Morgan fingerprint density at radius 2 is 1.67 bits per heavy atom. The van der Waals surface area contributed by atoms with Crippen LogP contribution in [-0.4, -0.2) is 58.4 Å². The quantitative estimate of drug-likeness (QED) is 0.104. The molecule has 296 valence electrons. The monoisotopic (exact) mass is 795 g/mol. The highest BCUT2D eigenvalue weighted by atomic mass is 35.5. The van der Waals surface area contributed by atoms with Gasteiger partial charge in [0.1, 0.15) is 23.8 Å². The third-order valence-corrected chi connectivity index (χ3v) is 9.31. The summed E-state index contributed by atoms with van der Waals surface area (Å²) in [6, 6.07) is 25.3. The number of rotatable bonds is 17. The number of carbonyl (C=O) groups is 2.